The Morgan fingerprint density at radius 1 is 1.16 bits per heavy atom. The molecule has 31 heavy (non-hydrogen) atoms. The maximum Gasteiger partial charge on any atom is 0.258 e. The molecule has 1 N–H and O–H groups in total. The fraction of sp³-hybridized carbons (Fsp3) is 0.208. The van der Waals surface area contributed by atoms with Crippen LogP contribution in [-0.4, -0.2) is 15.3 Å². The van der Waals surface area contributed by atoms with Crippen molar-refractivity contribution in [1.82, 2.24) is 9.38 Å². The average Bonchev–Trinajstić information content (AvgIpc) is 3.15. The molecule has 7 heteroatoms. The number of nitrogens with zero attached hydrogens (tertiary/aromatic N) is 2. The molecule has 0 saturated carbocycles. The van der Waals surface area contributed by atoms with Crippen LogP contribution in [0.5, 0.6) is 5.75 Å². The molecular weight excluding hydrogens is 410 g/mol. The molecule has 0 aliphatic heterocycles. The number of ether oxygens (including phenoxy) is 1. The third-order valence-corrected chi connectivity index (χ3v) is 5.85. The monoisotopic (exact) mass is 433 g/mol. The molecule has 6 nitrogen and oxygen atoms in total. The highest BCUT2D eigenvalue weighted by atomic mass is 32.1. The summed E-state index contributed by atoms with van der Waals surface area (Å²) in [6.45, 7) is 4.11. The summed E-state index contributed by atoms with van der Waals surface area (Å²) in [6.07, 6.45) is 2.49. The van der Waals surface area contributed by atoms with Gasteiger partial charge in [0.25, 0.3) is 5.56 Å². The van der Waals surface area contributed by atoms with Crippen LogP contribution in [-0.2, 0) is 11.4 Å². The van der Waals surface area contributed by atoms with Crippen molar-refractivity contribution in [1.29, 1.82) is 0 Å². The number of anilines is 1. The minimum absolute atomic E-state index is 0.0564. The molecule has 0 aliphatic carbocycles. The van der Waals surface area contributed by atoms with Crippen molar-refractivity contribution in [2.75, 3.05) is 5.32 Å². The molecule has 0 fully saturated rings. The Kier molecular flexibility index (Phi) is 6.13. The number of hydrogen-bond donors (Lipinski definition) is 1. The molecular formula is C24H23N3O3S. The maximum atomic E-state index is 12.8. The smallest absolute Gasteiger partial charge is 0.258 e. The van der Waals surface area contributed by atoms with E-state index < -0.39 is 0 Å². The first-order valence-electron chi connectivity index (χ1n) is 10.1. The first-order valence-corrected chi connectivity index (χ1v) is 10.9. The van der Waals surface area contributed by atoms with Gasteiger partial charge in [0.2, 0.25) is 5.91 Å². The quantitative estimate of drug-likeness (QED) is 0.455. The summed E-state index contributed by atoms with van der Waals surface area (Å²) in [6, 6.07) is 18.5. The molecule has 0 spiro atoms. The van der Waals surface area contributed by atoms with E-state index in [4.69, 9.17) is 4.74 Å². The molecule has 2 aromatic carbocycles. The molecule has 0 unspecified atom stereocenters. The number of carbonyl (C=O) groups excluding carboxylic acids is 1. The van der Waals surface area contributed by atoms with Gasteiger partial charge < -0.3 is 10.1 Å². The summed E-state index contributed by atoms with van der Waals surface area (Å²) in [4.78, 5) is 31.2. The Hall–Kier alpha value is -3.45. The Morgan fingerprint density at radius 3 is 2.74 bits per heavy atom. The molecule has 1 amide bonds. The molecule has 2 aromatic heterocycles. The number of amides is 1. The zero-order chi connectivity index (χ0) is 21.8. The zero-order valence-electron chi connectivity index (χ0n) is 17.4. The van der Waals surface area contributed by atoms with Crippen molar-refractivity contribution < 1.29 is 9.53 Å². The number of nitrogens with one attached hydrogen (secondary N) is 1. The van der Waals surface area contributed by atoms with Crippen LogP contribution in [0.15, 0.2) is 71.7 Å². The Bertz CT molecular complexity index is 1260. The van der Waals surface area contributed by atoms with Gasteiger partial charge in [0.15, 0.2) is 4.96 Å². The number of hydrogen-bond acceptors (Lipinski definition) is 5. The Balaban J connectivity index is 1.45. The predicted molar refractivity (Wildman–Crippen MR) is 123 cm³/mol. The van der Waals surface area contributed by atoms with Crippen LogP contribution in [0.3, 0.4) is 0 Å². The van der Waals surface area contributed by atoms with E-state index in [1.165, 1.54) is 21.8 Å². The van der Waals surface area contributed by atoms with E-state index in [2.05, 4.69) is 10.3 Å². The van der Waals surface area contributed by atoms with E-state index in [0.29, 0.717) is 28.5 Å². The Labute approximate surface area is 184 Å². The first kappa shape index (κ1) is 20.8. The van der Waals surface area contributed by atoms with E-state index in [-0.39, 0.29) is 24.0 Å². The highest BCUT2D eigenvalue weighted by Gasteiger charge is 2.18. The summed E-state index contributed by atoms with van der Waals surface area (Å²) in [5, 5.41) is 2.98. The second-order valence-corrected chi connectivity index (χ2v) is 8.47. The fourth-order valence-electron chi connectivity index (χ4n) is 3.44. The molecule has 1 atom stereocenters. The normalized spacial score (nSPS) is 11.9. The number of carbonyl (C=O) groups is 1. The molecule has 4 aromatic rings. The minimum atomic E-state index is -0.219. The Morgan fingerprint density at radius 2 is 1.97 bits per heavy atom. The van der Waals surface area contributed by atoms with Crippen molar-refractivity contribution in [3.8, 4) is 5.75 Å². The minimum Gasteiger partial charge on any atom is -0.487 e. The number of benzene rings is 2. The highest BCUT2D eigenvalue weighted by Crippen LogP contribution is 2.24. The lowest BCUT2D eigenvalue weighted by Crippen LogP contribution is -2.20. The average molecular weight is 434 g/mol. The van der Waals surface area contributed by atoms with Gasteiger partial charge in [-0.2, -0.15) is 0 Å². The number of thiazole rings is 1. The lowest BCUT2D eigenvalue weighted by Gasteiger charge is -2.16. The standard InChI is InChI=1S/C24H23N3O3S/c1-3-21(17-8-5-4-6-9-17)23(29)25-18-10-7-11-20(12-18)30-15-19-13-22(28)27-14-16(2)31-24(27)26-19/h4-14,21H,3,15H2,1-2H3,(H,25,29)/t21-/m1/s1. The molecule has 0 radical (unpaired) electrons. The number of aryl methyl sites for hydroxylation is 1. The van der Waals surface area contributed by atoms with Crippen LogP contribution in [0.25, 0.3) is 4.96 Å². The highest BCUT2D eigenvalue weighted by molar-refractivity contribution is 7.16. The van der Waals surface area contributed by atoms with Gasteiger partial charge in [0, 0.05) is 28.9 Å². The molecule has 158 valence electrons. The largest absolute Gasteiger partial charge is 0.487 e. The van der Waals surface area contributed by atoms with Crippen molar-refractivity contribution in [2.24, 2.45) is 0 Å². The molecule has 4 rings (SSSR count). The number of fused-ring (bicyclic) bond motifs is 1. The van der Waals surface area contributed by atoms with Crippen LogP contribution >= 0.6 is 11.3 Å². The maximum absolute atomic E-state index is 12.8. The van der Waals surface area contributed by atoms with E-state index in [0.717, 1.165) is 10.4 Å². The zero-order valence-corrected chi connectivity index (χ0v) is 18.2. The van der Waals surface area contributed by atoms with Gasteiger partial charge in [0.1, 0.15) is 12.4 Å². The summed E-state index contributed by atoms with van der Waals surface area (Å²) in [7, 11) is 0. The summed E-state index contributed by atoms with van der Waals surface area (Å²) in [5.74, 6) is 0.318. The van der Waals surface area contributed by atoms with Crippen molar-refractivity contribution in [2.45, 2.75) is 32.8 Å². The van der Waals surface area contributed by atoms with Gasteiger partial charge in [-0.1, -0.05) is 43.3 Å². The summed E-state index contributed by atoms with van der Waals surface area (Å²) >= 11 is 1.46. The van der Waals surface area contributed by atoms with E-state index >= 15 is 0 Å². The van der Waals surface area contributed by atoms with Gasteiger partial charge in [-0.25, -0.2) is 4.98 Å². The number of aromatic nitrogens is 2. The SMILES string of the molecule is CC[C@@H](C(=O)Nc1cccc(OCc2cc(=O)n3cc(C)sc3n2)c1)c1ccccc1. The predicted octanol–water partition coefficient (Wildman–Crippen LogP) is 4.78. The van der Waals surface area contributed by atoms with Gasteiger partial charge in [0.05, 0.1) is 11.6 Å². The topological polar surface area (TPSA) is 72.7 Å². The lowest BCUT2D eigenvalue weighted by atomic mass is 9.95. The van der Waals surface area contributed by atoms with Crippen LogP contribution in [0.2, 0.25) is 0 Å². The van der Waals surface area contributed by atoms with E-state index in [1.807, 2.05) is 62.4 Å². The lowest BCUT2D eigenvalue weighted by molar-refractivity contribution is -0.117. The molecule has 0 saturated heterocycles. The van der Waals surface area contributed by atoms with Crippen molar-refractivity contribution >= 4 is 27.9 Å². The van der Waals surface area contributed by atoms with Crippen LogP contribution in [0, 0.1) is 6.92 Å². The third kappa shape index (κ3) is 4.83. The van der Waals surface area contributed by atoms with Gasteiger partial charge in [-0.15, -0.1) is 11.3 Å². The first-order chi connectivity index (χ1) is 15.0. The van der Waals surface area contributed by atoms with Gasteiger partial charge in [-0.3, -0.25) is 14.0 Å². The molecule has 2 heterocycles. The molecule has 0 bridgehead atoms. The second kappa shape index (κ2) is 9.14. The summed E-state index contributed by atoms with van der Waals surface area (Å²) in [5.41, 5.74) is 2.10. The third-order valence-electron chi connectivity index (χ3n) is 4.95. The van der Waals surface area contributed by atoms with Crippen molar-refractivity contribution in [3.63, 3.8) is 0 Å². The van der Waals surface area contributed by atoms with E-state index in [1.54, 1.807) is 12.3 Å². The summed E-state index contributed by atoms with van der Waals surface area (Å²) < 4.78 is 7.38. The number of rotatable bonds is 7. The van der Waals surface area contributed by atoms with Crippen LogP contribution in [0.1, 0.15) is 35.4 Å². The van der Waals surface area contributed by atoms with Crippen LogP contribution in [0.4, 0.5) is 5.69 Å². The van der Waals surface area contributed by atoms with Crippen LogP contribution < -0.4 is 15.6 Å². The van der Waals surface area contributed by atoms with Gasteiger partial charge in [-0.05, 0) is 31.0 Å². The van der Waals surface area contributed by atoms with Crippen molar-refractivity contribution in [3.05, 3.63) is 93.3 Å². The van der Waals surface area contributed by atoms with E-state index in [9.17, 15) is 9.59 Å². The molecule has 0 aliphatic rings. The fourth-order valence-corrected chi connectivity index (χ4v) is 4.29. The van der Waals surface area contributed by atoms with Gasteiger partial charge >= 0.3 is 0 Å². The second-order valence-electron chi connectivity index (χ2n) is 7.26.